The van der Waals surface area contributed by atoms with Crippen molar-refractivity contribution in [2.75, 3.05) is 33.7 Å². The third-order valence-corrected chi connectivity index (χ3v) is 4.73. The molecule has 1 saturated heterocycles. The van der Waals surface area contributed by atoms with Gasteiger partial charge in [-0.3, -0.25) is 0 Å². The molecule has 0 spiro atoms. The van der Waals surface area contributed by atoms with E-state index in [1.54, 1.807) is 18.4 Å². The van der Waals surface area contributed by atoms with Gasteiger partial charge in [-0.25, -0.2) is 0 Å². The summed E-state index contributed by atoms with van der Waals surface area (Å²) in [5, 5.41) is 3.23. The Labute approximate surface area is 92.6 Å². The highest BCUT2D eigenvalue weighted by Crippen LogP contribution is 2.18. The van der Waals surface area contributed by atoms with Crippen LogP contribution in [0.2, 0.25) is 0 Å². The zero-order valence-electron chi connectivity index (χ0n) is 9.90. The summed E-state index contributed by atoms with van der Waals surface area (Å²) in [7, 11) is -0.111. The highest BCUT2D eigenvalue weighted by molar-refractivity contribution is 7.86. The van der Waals surface area contributed by atoms with Gasteiger partial charge in [-0.15, -0.1) is 0 Å². The Hall–Kier alpha value is -0.170. The largest absolute Gasteiger partial charge is 0.314 e. The maximum atomic E-state index is 12.0. The zero-order valence-corrected chi connectivity index (χ0v) is 10.7. The second-order valence-electron chi connectivity index (χ2n) is 4.42. The van der Waals surface area contributed by atoms with Crippen molar-refractivity contribution in [3.05, 3.63) is 0 Å². The van der Waals surface area contributed by atoms with Gasteiger partial charge in [0.05, 0.1) is 0 Å². The molecule has 5 nitrogen and oxygen atoms in total. The van der Waals surface area contributed by atoms with Crippen LogP contribution < -0.4 is 5.32 Å². The van der Waals surface area contributed by atoms with Crippen molar-refractivity contribution in [1.29, 1.82) is 0 Å². The Morgan fingerprint density at radius 3 is 2.47 bits per heavy atom. The SMILES string of the molecule is CC(C)C1CNCCN1S(=O)(=O)N(C)C. The maximum Gasteiger partial charge on any atom is 0.281 e. The van der Waals surface area contributed by atoms with Crippen molar-refractivity contribution in [3.8, 4) is 0 Å². The summed E-state index contributed by atoms with van der Waals surface area (Å²) in [4.78, 5) is 0. The van der Waals surface area contributed by atoms with Crippen LogP contribution in [0.25, 0.3) is 0 Å². The van der Waals surface area contributed by atoms with Gasteiger partial charge in [0.25, 0.3) is 10.2 Å². The van der Waals surface area contributed by atoms with E-state index >= 15 is 0 Å². The fourth-order valence-electron chi connectivity index (χ4n) is 1.77. The van der Waals surface area contributed by atoms with E-state index in [-0.39, 0.29) is 6.04 Å². The van der Waals surface area contributed by atoms with Crippen molar-refractivity contribution >= 4 is 10.2 Å². The summed E-state index contributed by atoms with van der Waals surface area (Å²) in [6.07, 6.45) is 0. The lowest BCUT2D eigenvalue weighted by molar-refractivity contribution is 0.207. The topological polar surface area (TPSA) is 52.7 Å². The molecule has 1 atom stereocenters. The predicted octanol–water partition coefficient (Wildman–Crippen LogP) is -0.277. The van der Waals surface area contributed by atoms with Crippen molar-refractivity contribution in [3.63, 3.8) is 0 Å². The zero-order chi connectivity index (χ0) is 11.6. The van der Waals surface area contributed by atoms with Crippen LogP contribution in [-0.2, 0) is 10.2 Å². The summed E-state index contributed by atoms with van der Waals surface area (Å²) in [5.74, 6) is 0.326. The molecule has 0 aromatic carbocycles. The molecule has 1 heterocycles. The first-order valence-corrected chi connectivity index (χ1v) is 6.67. The molecule has 0 amide bonds. The molecule has 0 saturated carbocycles. The summed E-state index contributed by atoms with van der Waals surface area (Å²) in [6.45, 7) is 6.14. The van der Waals surface area contributed by atoms with Gasteiger partial charge in [0.2, 0.25) is 0 Å². The predicted molar refractivity (Wildman–Crippen MR) is 60.8 cm³/mol. The van der Waals surface area contributed by atoms with Crippen molar-refractivity contribution in [1.82, 2.24) is 13.9 Å². The number of hydrogen-bond acceptors (Lipinski definition) is 3. The number of nitrogens with one attached hydrogen (secondary N) is 1. The summed E-state index contributed by atoms with van der Waals surface area (Å²) in [5.41, 5.74) is 0. The van der Waals surface area contributed by atoms with Crippen molar-refractivity contribution in [2.24, 2.45) is 5.92 Å². The number of hydrogen-bond donors (Lipinski definition) is 1. The van der Waals surface area contributed by atoms with Gasteiger partial charge in [0, 0.05) is 39.8 Å². The Kier molecular flexibility index (Phi) is 4.11. The van der Waals surface area contributed by atoms with E-state index in [0.717, 1.165) is 13.1 Å². The van der Waals surface area contributed by atoms with Crippen molar-refractivity contribution in [2.45, 2.75) is 19.9 Å². The van der Waals surface area contributed by atoms with Gasteiger partial charge in [-0.1, -0.05) is 13.8 Å². The lowest BCUT2D eigenvalue weighted by atomic mass is 10.0. The highest BCUT2D eigenvalue weighted by atomic mass is 32.2. The molecule has 15 heavy (non-hydrogen) atoms. The molecule has 0 aliphatic carbocycles. The average Bonchev–Trinajstić information content (AvgIpc) is 2.17. The molecule has 1 rings (SSSR count). The quantitative estimate of drug-likeness (QED) is 0.732. The minimum Gasteiger partial charge on any atom is -0.314 e. The monoisotopic (exact) mass is 235 g/mol. The summed E-state index contributed by atoms with van der Waals surface area (Å²) >= 11 is 0. The van der Waals surface area contributed by atoms with Gasteiger partial charge in [-0.2, -0.15) is 17.0 Å². The van der Waals surface area contributed by atoms with Gasteiger partial charge in [0.15, 0.2) is 0 Å². The van der Waals surface area contributed by atoms with E-state index in [1.807, 2.05) is 0 Å². The van der Waals surface area contributed by atoms with E-state index in [4.69, 9.17) is 0 Å². The third-order valence-electron chi connectivity index (χ3n) is 2.76. The van der Waals surface area contributed by atoms with Crippen LogP contribution in [0.4, 0.5) is 0 Å². The second kappa shape index (κ2) is 4.78. The highest BCUT2D eigenvalue weighted by Gasteiger charge is 2.34. The first kappa shape index (κ1) is 12.9. The van der Waals surface area contributed by atoms with Crippen LogP contribution in [0, 0.1) is 5.92 Å². The first-order chi connectivity index (χ1) is 6.87. The Morgan fingerprint density at radius 1 is 1.40 bits per heavy atom. The molecule has 0 aromatic rings. The lowest BCUT2D eigenvalue weighted by Crippen LogP contribution is -2.57. The summed E-state index contributed by atoms with van der Waals surface area (Å²) in [6, 6.07) is 0.0612. The Balaban J connectivity index is 2.90. The minimum absolute atomic E-state index is 0.0612. The molecule has 1 unspecified atom stereocenters. The number of rotatable bonds is 3. The van der Waals surface area contributed by atoms with Crippen LogP contribution in [0.5, 0.6) is 0 Å². The number of nitrogens with zero attached hydrogens (tertiary/aromatic N) is 2. The molecule has 90 valence electrons. The smallest absolute Gasteiger partial charge is 0.281 e. The lowest BCUT2D eigenvalue weighted by Gasteiger charge is -2.38. The molecule has 0 radical (unpaired) electrons. The standard InChI is InChI=1S/C9H21N3O2S/c1-8(2)9-7-10-5-6-12(9)15(13,14)11(3)4/h8-10H,5-7H2,1-4H3. The summed E-state index contributed by atoms with van der Waals surface area (Å²) < 4.78 is 26.9. The number of piperazine rings is 1. The molecule has 6 heteroatoms. The van der Waals surface area contributed by atoms with E-state index in [0.29, 0.717) is 12.5 Å². The fraction of sp³-hybridized carbons (Fsp3) is 1.00. The van der Waals surface area contributed by atoms with E-state index < -0.39 is 10.2 Å². The minimum atomic E-state index is -3.27. The van der Waals surface area contributed by atoms with Crippen LogP contribution in [0.15, 0.2) is 0 Å². The first-order valence-electron chi connectivity index (χ1n) is 5.27. The maximum absolute atomic E-state index is 12.0. The Bertz CT molecular complexity index is 300. The average molecular weight is 235 g/mol. The van der Waals surface area contributed by atoms with Crippen LogP contribution in [0.1, 0.15) is 13.8 Å². The van der Waals surface area contributed by atoms with E-state index in [2.05, 4.69) is 19.2 Å². The third kappa shape index (κ3) is 2.69. The van der Waals surface area contributed by atoms with Gasteiger partial charge in [0.1, 0.15) is 0 Å². The molecular weight excluding hydrogens is 214 g/mol. The van der Waals surface area contributed by atoms with Crippen LogP contribution in [-0.4, -0.2) is 56.8 Å². The van der Waals surface area contributed by atoms with Gasteiger partial charge in [-0.05, 0) is 5.92 Å². The van der Waals surface area contributed by atoms with Gasteiger partial charge >= 0.3 is 0 Å². The molecule has 0 aromatic heterocycles. The normalized spacial score (nSPS) is 25.1. The van der Waals surface area contributed by atoms with E-state index in [9.17, 15) is 8.42 Å². The van der Waals surface area contributed by atoms with E-state index in [1.165, 1.54) is 4.31 Å². The molecule has 0 bridgehead atoms. The van der Waals surface area contributed by atoms with Crippen LogP contribution in [0.3, 0.4) is 0 Å². The molecule has 1 aliphatic heterocycles. The van der Waals surface area contributed by atoms with Crippen LogP contribution >= 0.6 is 0 Å². The molecule has 1 aliphatic rings. The molecule has 1 fully saturated rings. The van der Waals surface area contributed by atoms with Crippen molar-refractivity contribution < 1.29 is 8.42 Å². The molecular formula is C9H21N3O2S. The second-order valence-corrected chi connectivity index (χ2v) is 6.51. The fourth-order valence-corrected chi connectivity index (χ4v) is 3.17. The molecule has 1 N–H and O–H groups in total. The Morgan fingerprint density at radius 2 is 2.00 bits per heavy atom. The van der Waals surface area contributed by atoms with Gasteiger partial charge < -0.3 is 5.32 Å².